The summed E-state index contributed by atoms with van der Waals surface area (Å²) in [5, 5.41) is 6.71. The zero-order valence-corrected chi connectivity index (χ0v) is 11.1. The molecule has 0 aromatic heterocycles. The van der Waals surface area contributed by atoms with Crippen LogP contribution in [0.25, 0.3) is 0 Å². The van der Waals surface area contributed by atoms with E-state index >= 15 is 0 Å². The third kappa shape index (κ3) is 4.68. The molecule has 0 saturated heterocycles. The lowest BCUT2D eigenvalue weighted by Crippen LogP contribution is -2.36. The number of hydrogen-bond donors (Lipinski definition) is 2. The Bertz CT molecular complexity index is 367. The van der Waals surface area contributed by atoms with Crippen LogP contribution >= 0.6 is 12.2 Å². The highest BCUT2D eigenvalue weighted by Crippen LogP contribution is 2.12. The van der Waals surface area contributed by atoms with Crippen LogP contribution in [-0.2, 0) is 9.47 Å². The average molecular weight is 254 g/mol. The van der Waals surface area contributed by atoms with Crippen molar-refractivity contribution in [1.29, 1.82) is 0 Å². The van der Waals surface area contributed by atoms with E-state index in [0.717, 1.165) is 11.3 Å². The van der Waals surface area contributed by atoms with Crippen molar-refractivity contribution in [3.8, 4) is 0 Å². The Morgan fingerprint density at radius 3 is 2.53 bits per heavy atom. The molecule has 0 radical (unpaired) electrons. The molecule has 0 unspecified atom stereocenters. The van der Waals surface area contributed by atoms with Gasteiger partial charge in [0.15, 0.2) is 11.4 Å². The van der Waals surface area contributed by atoms with Gasteiger partial charge in [0.05, 0.1) is 6.54 Å². The monoisotopic (exact) mass is 254 g/mol. The van der Waals surface area contributed by atoms with Gasteiger partial charge < -0.3 is 20.1 Å². The summed E-state index contributed by atoms with van der Waals surface area (Å²) in [6, 6.07) is 7.96. The highest BCUT2D eigenvalue weighted by atomic mass is 32.1. The molecule has 1 aromatic carbocycles. The molecule has 4 nitrogen and oxygen atoms in total. The fraction of sp³-hybridized carbons (Fsp3) is 0.417. The van der Waals surface area contributed by atoms with Gasteiger partial charge in [0.2, 0.25) is 0 Å². The molecule has 0 fully saturated rings. The first-order chi connectivity index (χ1) is 8.17. The lowest BCUT2D eigenvalue weighted by Gasteiger charge is -2.16. The molecular weight excluding hydrogens is 236 g/mol. The van der Waals surface area contributed by atoms with Crippen molar-refractivity contribution in [3.63, 3.8) is 0 Å². The van der Waals surface area contributed by atoms with Gasteiger partial charge in [0.25, 0.3) is 0 Å². The predicted octanol–water partition coefficient (Wildman–Crippen LogP) is 1.90. The molecule has 2 N–H and O–H groups in total. The summed E-state index contributed by atoms with van der Waals surface area (Å²) < 4.78 is 10.1. The van der Waals surface area contributed by atoms with Crippen LogP contribution in [0.1, 0.15) is 5.56 Å². The largest absolute Gasteiger partial charge is 0.357 e. The second-order valence-corrected chi connectivity index (χ2v) is 3.96. The summed E-state index contributed by atoms with van der Waals surface area (Å²) in [6.45, 7) is 2.53. The van der Waals surface area contributed by atoms with Crippen molar-refractivity contribution in [1.82, 2.24) is 5.32 Å². The van der Waals surface area contributed by atoms with Crippen LogP contribution in [0.2, 0.25) is 0 Å². The molecule has 0 bridgehead atoms. The number of thiocarbonyl (C=S) groups is 1. The normalized spacial score (nSPS) is 10.4. The van der Waals surface area contributed by atoms with Crippen molar-refractivity contribution in [3.05, 3.63) is 29.8 Å². The number of anilines is 1. The topological polar surface area (TPSA) is 42.5 Å². The minimum Gasteiger partial charge on any atom is -0.357 e. The number of hydrogen-bond acceptors (Lipinski definition) is 3. The van der Waals surface area contributed by atoms with Gasteiger partial charge in [-0.2, -0.15) is 0 Å². The van der Waals surface area contributed by atoms with Gasteiger partial charge in [-0.3, -0.25) is 0 Å². The maximum Gasteiger partial charge on any atom is 0.174 e. The highest BCUT2D eigenvalue weighted by Gasteiger charge is 2.06. The number of methoxy groups -OCH3 is 2. The molecule has 94 valence electrons. The molecule has 0 saturated carbocycles. The molecule has 1 aromatic rings. The van der Waals surface area contributed by atoms with Crippen molar-refractivity contribution in [2.24, 2.45) is 0 Å². The van der Waals surface area contributed by atoms with Crippen molar-refractivity contribution < 1.29 is 9.47 Å². The van der Waals surface area contributed by atoms with Crippen molar-refractivity contribution >= 4 is 23.0 Å². The standard InChI is InChI=1S/C12H18N2O2S/c1-9-6-4-5-7-10(9)14-12(17)13-8-11(15-2)16-3/h4-7,11H,8H2,1-3H3,(H2,13,14,17). The molecule has 0 spiro atoms. The molecule has 1 rings (SSSR count). The number of rotatable bonds is 5. The first-order valence-corrected chi connectivity index (χ1v) is 5.74. The van der Waals surface area contributed by atoms with E-state index in [0.29, 0.717) is 11.7 Å². The van der Waals surface area contributed by atoms with Crippen LogP contribution in [0.5, 0.6) is 0 Å². The molecule has 17 heavy (non-hydrogen) atoms. The minimum atomic E-state index is -0.299. The van der Waals surface area contributed by atoms with E-state index in [1.54, 1.807) is 14.2 Å². The summed E-state index contributed by atoms with van der Waals surface area (Å²) in [7, 11) is 3.18. The van der Waals surface area contributed by atoms with Gasteiger partial charge in [-0.25, -0.2) is 0 Å². The lowest BCUT2D eigenvalue weighted by atomic mass is 10.2. The maximum atomic E-state index is 5.18. The van der Waals surface area contributed by atoms with E-state index in [1.807, 2.05) is 31.2 Å². The second kappa shape index (κ2) is 7.21. The number of ether oxygens (including phenoxy) is 2. The summed E-state index contributed by atoms with van der Waals surface area (Å²) in [5.74, 6) is 0. The lowest BCUT2D eigenvalue weighted by molar-refractivity contribution is -0.0964. The van der Waals surface area contributed by atoms with Gasteiger partial charge in [0.1, 0.15) is 0 Å². The third-order valence-corrected chi connectivity index (χ3v) is 2.59. The Hall–Kier alpha value is -1.17. The molecular formula is C12H18N2O2S. The van der Waals surface area contributed by atoms with Crippen molar-refractivity contribution in [2.45, 2.75) is 13.2 Å². The van der Waals surface area contributed by atoms with Crippen LogP contribution in [0.4, 0.5) is 5.69 Å². The van der Waals surface area contributed by atoms with Crippen LogP contribution in [0, 0.1) is 6.92 Å². The first-order valence-electron chi connectivity index (χ1n) is 5.33. The number of para-hydroxylation sites is 1. The van der Waals surface area contributed by atoms with Gasteiger partial charge in [-0.1, -0.05) is 18.2 Å². The summed E-state index contributed by atoms with van der Waals surface area (Å²) >= 11 is 5.18. The van der Waals surface area contributed by atoms with Crippen LogP contribution in [-0.4, -0.2) is 32.2 Å². The maximum absolute atomic E-state index is 5.18. The molecule has 0 heterocycles. The summed E-state index contributed by atoms with van der Waals surface area (Å²) in [6.07, 6.45) is -0.299. The quantitative estimate of drug-likeness (QED) is 0.620. The van der Waals surface area contributed by atoms with Gasteiger partial charge in [-0.15, -0.1) is 0 Å². The second-order valence-electron chi connectivity index (χ2n) is 3.55. The van der Waals surface area contributed by atoms with Crippen LogP contribution < -0.4 is 10.6 Å². The molecule has 0 aliphatic heterocycles. The zero-order chi connectivity index (χ0) is 12.7. The third-order valence-electron chi connectivity index (χ3n) is 2.35. The highest BCUT2D eigenvalue weighted by molar-refractivity contribution is 7.80. The van der Waals surface area contributed by atoms with Gasteiger partial charge in [-0.05, 0) is 30.8 Å². The molecule has 0 atom stereocenters. The van der Waals surface area contributed by atoms with E-state index in [9.17, 15) is 0 Å². The minimum absolute atomic E-state index is 0.299. The summed E-state index contributed by atoms with van der Waals surface area (Å²) in [5.41, 5.74) is 2.14. The van der Waals surface area contributed by atoms with E-state index in [-0.39, 0.29) is 6.29 Å². The number of benzene rings is 1. The molecule has 0 aliphatic rings. The van der Waals surface area contributed by atoms with Crippen LogP contribution in [0.15, 0.2) is 24.3 Å². The Kier molecular flexibility index (Phi) is 5.90. The Labute approximate surface area is 107 Å². The van der Waals surface area contributed by atoms with Gasteiger partial charge >= 0.3 is 0 Å². The molecule has 5 heteroatoms. The fourth-order valence-corrected chi connectivity index (χ4v) is 1.51. The average Bonchev–Trinajstić information content (AvgIpc) is 2.33. The fourth-order valence-electron chi connectivity index (χ4n) is 1.32. The SMILES string of the molecule is COC(CNC(=S)Nc1ccccc1C)OC. The molecule has 0 amide bonds. The Morgan fingerprint density at radius 1 is 1.29 bits per heavy atom. The van der Waals surface area contributed by atoms with Crippen molar-refractivity contribution in [2.75, 3.05) is 26.1 Å². The summed E-state index contributed by atoms with van der Waals surface area (Å²) in [4.78, 5) is 0. The Morgan fingerprint density at radius 2 is 1.94 bits per heavy atom. The predicted molar refractivity (Wildman–Crippen MR) is 73.2 cm³/mol. The van der Waals surface area contributed by atoms with E-state index < -0.39 is 0 Å². The van der Waals surface area contributed by atoms with E-state index in [4.69, 9.17) is 21.7 Å². The smallest absolute Gasteiger partial charge is 0.174 e. The van der Waals surface area contributed by atoms with E-state index in [1.165, 1.54) is 0 Å². The first kappa shape index (κ1) is 13.9. The number of aryl methyl sites for hydroxylation is 1. The molecule has 0 aliphatic carbocycles. The Balaban J connectivity index is 2.42. The van der Waals surface area contributed by atoms with E-state index in [2.05, 4.69) is 10.6 Å². The zero-order valence-electron chi connectivity index (χ0n) is 10.3. The van der Waals surface area contributed by atoms with Gasteiger partial charge in [0, 0.05) is 19.9 Å². The number of nitrogens with one attached hydrogen (secondary N) is 2. The van der Waals surface area contributed by atoms with Crippen LogP contribution in [0.3, 0.4) is 0 Å².